The third kappa shape index (κ3) is 4.44. The molecular weight excluding hydrogens is 348 g/mol. The Hall–Kier alpha value is -1.89. The maximum absolute atomic E-state index is 13.2. The van der Waals surface area contributed by atoms with Crippen molar-refractivity contribution in [3.05, 3.63) is 60.2 Å². The van der Waals surface area contributed by atoms with Crippen LogP contribution in [0.3, 0.4) is 0 Å². The maximum atomic E-state index is 13.2. The average Bonchev–Trinajstić information content (AvgIpc) is 3.13. The van der Waals surface area contributed by atoms with E-state index in [2.05, 4.69) is 4.90 Å². The number of aryl methyl sites for hydroxylation is 1. The number of aliphatic hydroxyl groups excluding tert-OH is 1. The number of para-hydroxylation sites is 1. The first-order valence-electron chi connectivity index (χ1n) is 9.02. The minimum atomic E-state index is -3.74. The highest BCUT2D eigenvalue weighted by Crippen LogP contribution is 2.24. The number of aliphatic hydroxyl groups is 1. The number of hydrogen-bond acceptors (Lipinski definition) is 4. The molecule has 0 spiro atoms. The predicted octanol–water partition coefficient (Wildman–Crippen LogP) is 2.65. The van der Waals surface area contributed by atoms with Crippen LogP contribution in [-0.4, -0.2) is 50.7 Å². The Labute approximate surface area is 155 Å². The first-order valence-corrected chi connectivity index (χ1v) is 10.5. The van der Waals surface area contributed by atoms with Crippen LogP contribution in [0.1, 0.15) is 18.4 Å². The van der Waals surface area contributed by atoms with Crippen LogP contribution in [0, 0.1) is 6.92 Å². The van der Waals surface area contributed by atoms with Gasteiger partial charge in [-0.1, -0.05) is 35.9 Å². The fraction of sp³-hybridized carbons (Fsp3) is 0.400. The Morgan fingerprint density at radius 3 is 2.27 bits per heavy atom. The maximum Gasteiger partial charge on any atom is 0.264 e. The second-order valence-electron chi connectivity index (χ2n) is 6.85. The van der Waals surface area contributed by atoms with Crippen molar-refractivity contribution in [2.24, 2.45) is 0 Å². The van der Waals surface area contributed by atoms with Crippen molar-refractivity contribution in [3.63, 3.8) is 0 Å². The molecule has 6 heteroatoms. The van der Waals surface area contributed by atoms with E-state index in [1.165, 1.54) is 4.31 Å². The molecule has 0 radical (unpaired) electrons. The van der Waals surface area contributed by atoms with E-state index in [0.717, 1.165) is 31.5 Å². The van der Waals surface area contributed by atoms with Gasteiger partial charge < -0.3 is 10.0 Å². The molecule has 3 rings (SSSR count). The zero-order valence-electron chi connectivity index (χ0n) is 15.1. The highest BCUT2D eigenvalue weighted by Gasteiger charge is 2.28. The summed E-state index contributed by atoms with van der Waals surface area (Å²) in [6.45, 7) is 4.38. The van der Waals surface area contributed by atoms with Crippen molar-refractivity contribution in [2.75, 3.05) is 30.5 Å². The molecule has 5 nitrogen and oxygen atoms in total. The first kappa shape index (κ1) is 18.9. The molecule has 2 aromatic carbocycles. The van der Waals surface area contributed by atoms with E-state index in [9.17, 15) is 13.5 Å². The van der Waals surface area contributed by atoms with Crippen molar-refractivity contribution in [3.8, 4) is 0 Å². The number of sulfonamides is 1. The highest BCUT2D eigenvalue weighted by molar-refractivity contribution is 7.92. The van der Waals surface area contributed by atoms with Gasteiger partial charge in [0.15, 0.2) is 0 Å². The van der Waals surface area contributed by atoms with Crippen LogP contribution < -0.4 is 4.31 Å². The van der Waals surface area contributed by atoms with Gasteiger partial charge >= 0.3 is 0 Å². The van der Waals surface area contributed by atoms with Crippen molar-refractivity contribution in [1.82, 2.24) is 4.90 Å². The van der Waals surface area contributed by atoms with Crippen molar-refractivity contribution >= 4 is 15.7 Å². The van der Waals surface area contributed by atoms with E-state index >= 15 is 0 Å². The minimum absolute atomic E-state index is 0.0384. The smallest absolute Gasteiger partial charge is 0.264 e. The molecule has 0 aliphatic carbocycles. The molecule has 0 amide bonds. The predicted molar refractivity (Wildman–Crippen MR) is 104 cm³/mol. The third-order valence-electron chi connectivity index (χ3n) is 4.70. The van der Waals surface area contributed by atoms with Crippen molar-refractivity contribution in [2.45, 2.75) is 30.8 Å². The Morgan fingerprint density at radius 1 is 1.04 bits per heavy atom. The Morgan fingerprint density at radius 2 is 1.65 bits per heavy atom. The molecule has 1 atom stereocenters. The third-order valence-corrected chi connectivity index (χ3v) is 6.51. The molecule has 26 heavy (non-hydrogen) atoms. The molecule has 0 bridgehead atoms. The fourth-order valence-electron chi connectivity index (χ4n) is 3.29. The van der Waals surface area contributed by atoms with Crippen molar-refractivity contribution in [1.29, 1.82) is 0 Å². The van der Waals surface area contributed by atoms with Crippen molar-refractivity contribution < 1.29 is 13.5 Å². The summed E-state index contributed by atoms with van der Waals surface area (Å²) in [6, 6.07) is 15.8. The van der Waals surface area contributed by atoms with E-state index in [0.29, 0.717) is 12.2 Å². The number of β-amino-alcohol motifs (C(OH)–C–C–N with tert-alkyl or cyclic N) is 1. The highest BCUT2D eigenvalue weighted by atomic mass is 32.2. The monoisotopic (exact) mass is 374 g/mol. The molecule has 0 unspecified atom stereocenters. The van der Waals surface area contributed by atoms with E-state index in [1.54, 1.807) is 48.5 Å². The summed E-state index contributed by atoms with van der Waals surface area (Å²) >= 11 is 0. The molecule has 1 aliphatic heterocycles. The average molecular weight is 375 g/mol. The standard InChI is InChI=1S/C20H26N2O3S/c1-17-9-11-20(12-10-17)26(24,25)22(18-7-3-2-4-8-18)16-19(23)15-21-13-5-6-14-21/h2-4,7-12,19,23H,5-6,13-16H2,1H3/t19-/m1/s1. The summed E-state index contributed by atoms with van der Waals surface area (Å²) in [7, 11) is -3.74. The van der Waals surface area contributed by atoms with E-state index < -0.39 is 16.1 Å². The molecule has 0 aromatic heterocycles. The number of anilines is 1. The molecule has 1 aliphatic rings. The van der Waals surface area contributed by atoms with Crippen LogP contribution in [0.5, 0.6) is 0 Å². The minimum Gasteiger partial charge on any atom is -0.390 e. The topological polar surface area (TPSA) is 60.9 Å². The van der Waals surface area contributed by atoms with Gasteiger partial charge in [0.25, 0.3) is 10.0 Å². The molecular formula is C20H26N2O3S. The van der Waals surface area contributed by atoms with Crippen LogP contribution in [0.2, 0.25) is 0 Å². The van der Waals surface area contributed by atoms with Crippen LogP contribution >= 0.6 is 0 Å². The number of benzene rings is 2. The van der Waals surface area contributed by atoms with Gasteiger partial charge in [-0.05, 0) is 57.1 Å². The lowest BCUT2D eigenvalue weighted by Gasteiger charge is -2.28. The number of hydrogen-bond donors (Lipinski definition) is 1. The second kappa shape index (κ2) is 8.20. The normalized spacial score (nSPS) is 16.5. The van der Waals surface area contributed by atoms with Gasteiger partial charge in [0.2, 0.25) is 0 Å². The number of rotatable bonds is 7. The molecule has 1 N–H and O–H groups in total. The van der Waals surface area contributed by atoms with Gasteiger partial charge in [-0.15, -0.1) is 0 Å². The largest absolute Gasteiger partial charge is 0.390 e. The lowest BCUT2D eigenvalue weighted by atomic mass is 10.2. The van der Waals surface area contributed by atoms with Gasteiger partial charge in [0.05, 0.1) is 23.2 Å². The van der Waals surface area contributed by atoms with Crippen LogP contribution in [0.4, 0.5) is 5.69 Å². The van der Waals surface area contributed by atoms with Gasteiger partial charge in [-0.2, -0.15) is 0 Å². The first-order chi connectivity index (χ1) is 12.5. The molecule has 1 heterocycles. The zero-order valence-corrected chi connectivity index (χ0v) is 15.9. The lowest BCUT2D eigenvalue weighted by Crippen LogP contribution is -2.42. The summed E-state index contributed by atoms with van der Waals surface area (Å²) < 4.78 is 27.8. The molecule has 1 saturated heterocycles. The molecule has 140 valence electrons. The Kier molecular flexibility index (Phi) is 5.96. The van der Waals surface area contributed by atoms with Gasteiger partial charge in [0, 0.05) is 6.54 Å². The van der Waals surface area contributed by atoms with Crippen LogP contribution in [0.25, 0.3) is 0 Å². The Balaban J connectivity index is 1.86. The SMILES string of the molecule is Cc1ccc(S(=O)(=O)N(C[C@H](O)CN2CCCC2)c2ccccc2)cc1. The number of nitrogens with zero attached hydrogens (tertiary/aromatic N) is 2. The van der Waals surface area contributed by atoms with E-state index in [4.69, 9.17) is 0 Å². The lowest BCUT2D eigenvalue weighted by molar-refractivity contribution is 0.132. The van der Waals surface area contributed by atoms with Gasteiger partial charge in [0.1, 0.15) is 0 Å². The second-order valence-corrected chi connectivity index (χ2v) is 8.71. The quantitative estimate of drug-likeness (QED) is 0.809. The van der Waals surface area contributed by atoms with Crippen LogP contribution in [0.15, 0.2) is 59.5 Å². The van der Waals surface area contributed by atoms with E-state index in [1.807, 2.05) is 13.0 Å². The Bertz CT molecular complexity index is 801. The summed E-state index contributed by atoms with van der Waals surface area (Å²) in [5, 5.41) is 10.5. The number of likely N-dealkylation sites (tertiary alicyclic amines) is 1. The molecule has 1 fully saturated rings. The van der Waals surface area contributed by atoms with Gasteiger partial charge in [-0.3, -0.25) is 4.31 Å². The molecule has 0 saturated carbocycles. The van der Waals surface area contributed by atoms with E-state index in [-0.39, 0.29) is 11.4 Å². The fourth-order valence-corrected chi connectivity index (χ4v) is 4.79. The molecule has 2 aromatic rings. The van der Waals surface area contributed by atoms with Crippen LogP contribution in [-0.2, 0) is 10.0 Å². The summed E-state index contributed by atoms with van der Waals surface area (Å²) in [6.07, 6.45) is 1.53. The van der Waals surface area contributed by atoms with Gasteiger partial charge in [-0.25, -0.2) is 8.42 Å². The summed E-state index contributed by atoms with van der Waals surface area (Å²) in [5.41, 5.74) is 1.57. The zero-order chi connectivity index (χ0) is 18.6. The summed E-state index contributed by atoms with van der Waals surface area (Å²) in [5.74, 6) is 0. The summed E-state index contributed by atoms with van der Waals surface area (Å²) in [4.78, 5) is 2.42.